The second kappa shape index (κ2) is 13.3. The first-order valence-corrected chi connectivity index (χ1v) is 20.8. The van der Waals surface area contributed by atoms with Gasteiger partial charge in [0.05, 0.1) is 5.69 Å². The minimum Gasteiger partial charge on any atom is -0.310 e. The van der Waals surface area contributed by atoms with E-state index in [0.717, 1.165) is 17.1 Å². The lowest BCUT2D eigenvalue weighted by Crippen LogP contribution is -2.15. The molecule has 0 saturated carbocycles. The number of anilines is 3. The van der Waals surface area contributed by atoms with Gasteiger partial charge in [-0.1, -0.05) is 185 Å². The van der Waals surface area contributed by atoms with Gasteiger partial charge in [-0.3, -0.25) is 0 Å². The van der Waals surface area contributed by atoms with E-state index in [1.165, 1.54) is 88.7 Å². The van der Waals surface area contributed by atoms with Gasteiger partial charge in [-0.25, -0.2) is 0 Å². The maximum atomic E-state index is 2.45. The van der Waals surface area contributed by atoms with Gasteiger partial charge < -0.3 is 4.90 Å². The summed E-state index contributed by atoms with van der Waals surface area (Å²) in [6.45, 7) is 9.45. The lowest BCUT2D eigenvalue weighted by atomic mass is 9.81. The smallest absolute Gasteiger partial charge is 0.0540 e. The molecule has 0 heterocycles. The Balaban J connectivity index is 1.13. The van der Waals surface area contributed by atoms with E-state index in [4.69, 9.17) is 0 Å². The Morgan fingerprint density at radius 2 is 0.831 bits per heavy atom. The summed E-state index contributed by atoms with van der Waals surface area (Å²) in [5.74, 6) is 0. The van der Waals surface area contributed by atoms with Gasteiger partial charge in [0, 0.05) is 27.8 Å². The van der Waals surface area contributed by atoms with Crippen molar-refractivity contribution in [3.63, 3.8) is 0 Å². The molecule has 0 bridgehead atoms. The maximum Gasteiger partial charge on any atom is 0.0540 e. The van der Waals surface area contributed by atoms with Crippen LogP contribution >= 0.6 is 0 Å². The summed E-state index contributed by atoms with van der Waals surface area (Å²) in [5.41, 5.74) is 21.4. The summed E-state index contributed by atoms with van der Waals surface area (Å²) >= 11 is 0. The quantitative estimate of drug-likeness (QED) is 0.163. The van der Waals surface area contributed by atoms with E-state index >= 15 is 0 Å². The van der Waals surface area contributed by atoms with Crippen molar-refractivity contribution in [2.45, 2.75) is 38.5 Å². The van der Waals surface area contributed by atoms with E-state index in [0.29, 0.717) is 0 Å². The molecule has 0 unspecified atom stereocenters. The lowest BCUT2D eigenvalue weighted by Gasteiger charge is -2.29. The van der Waals surface area contributed by atoms with Crippen LogP contribution in [0, 0.1) is 0 Å². The third-order valence-electron chi connectivity index (χ3n) is 13.3. The van der Waals surface area contributed by atoms with Crippen LogP contribution in [0.15, 0.2) is 200 Å². The van der Waals surface area contributed by atoms with Crippen molar-refractivity contribution in [1.29, 1.82) is 0 Å². The zero-order valence-corrected chi connectivity index (χ0v) is 34.0. The zero-order chi connectivity index (χ0) is 39.9. The van der Waals surface area contributed by atoms with E-state index < -0.39 is 0 Å². The Hall–Kier alpha value is -6.96. The molecule has 9 aromatic carbocycles. The molecule has 0 aliphatic heterocycles. The highest BCUT2D eigenvalue weighted by Crippen LogP contribution is 2.55. The number of rotatable bonds is 6. The van der Waals surface area contributed by atoms with Gasteiger partial charge in [0.15, 0.2) is 0 Å². The predicted octanol–water partition coefficient (Wildman–Crippen LogP) is 15.9. The lowest BCUT2D eigenvalue weighted by molar-refractivity contribution is 0.660. The van der Waals surface area contributed by atoms with Crippen LogP contribution in [-0.4, -0.2) is 0 Å². The van der Waals surface area contributed by atoms with Crippen molar-refractivity contribution in [2.75, 3.05) is 4.90 Å². The van der Waals surface area contributed by atoms with Gasteiger partial charge in [-0.05, 0) is 126 Å². The molecule has 1 nitrogen and oxygen atoms in total. The van der Waals surface area contributed by atoms with E-state index in [-0.39, 0.29) is 10.8 Å². The first kappa shape index (κ1) is 35.2. The highest BCUT2D eigenvalue weighted by atomic mass is 15.1. The standard InChI is InChI=1S/C58H45N/c1-57(2)51-25-12-10-21-46(51)49-36-40(30-34-53(49)57)41-31-35-55(50(37-41)47-24-15-27-54-56(47)48-22-11-13-26-52(48)58(54,3)4)59(42-18-6-5-7-19-42)43-32-28-39(29-33-43)45-23-14-17-38-16-8-9-20-44(38)45/h5-37H,1-4H3. The van der Waals surface area contributed by atoms with Gasteiger partial charge in [0.25, 0.3) is 0 Å². The van der Waals surface area contributed by atoms with Crippen LogP contribution in [0.4, 0.5) is 17.1 Å². The van der Waals surface area contributed by atoms with Crippen molar-refractivity contribution in [3.8, 4) is 55.6 Å². The number of hydrogen-bond donors (Lipinski definition) is 0. The molecule has 0 spiro atoms. The van der Waals surface area contributed by atoms with Gasteiger partial charge in [0.2, 0.25) is 0 Å². The van der Waals surface area contributed by atoms with Crippen LogP contribution < -0.4 is 4.90 Å². The molecule has 0 atom stereocenters. The van der Waals surface area contributed by atoms with Crippen LogP contribution in [-0.2, 0) is 10.8 Å². The first-order chi connectivity index (χ1) is 28.8. The fourth-order valence-electron chi connectivity index (χ4n) is 10.3. The summed E-state index contributed by atoms with van der Waals surface area (Å²) in [7, 11) is 0. The fraction of sp³-hybridized carbons (Fsp3) is 0.103. The SMILES string of the molecule is CC1(C)c2ccccc2-c2cc(-c3ccc(N(c4ccccc4)c4ccc(-c5cccc6ccccc56)cc4)c(-c4cccc5c4-c4ccccc4C5(C)C)c3)ccc21. The normalized spacial score (nSPS) is 14.0. The highest BCUT2D eigenvalue weighted by molar-refractivity contribution is 6.01. The summed E-state index contributed by atoms with van der Waals surface area (Å²) < 4.78 is 0. The third-order valence-corrected chi connectivity index (χ3v) is 13.3. The van der Waals surface area contributed by atoms with E-state index in [1.807, 2.05) is 0 Å². The van der Waals surface area contributed by atoms with Crippen molar-refractivity contribution in [3.05, 3.63) is 222 Å². The maximum absolute atomic E-state index is 2.45. The first-order valence-electron chi connectivity index (χ1n) is 20.8. The van der Waals surface area contributed by atoms with Crippen molar-refractivity contribution in [1.82, 2.24) is 0 Å². The Bertz CT molecular complexity index is 3090. The van der Waals surface area contributed by atoms with Crippen LogP contribution in [0.3, 0.4) is 0 Å². The van der Waals surface area contributed by atoms with Gasteiger partial charge in [0.1, 0.15) is 0 Å². The molecule has 0 aromatic heterocycles. The third kappa shape index (κ3) is 5.45. The number of para-hydroxylation sites is 1. The molecule has 2 aliphatic rings. The molecule has 1 heteroatoms. The topological polar surface area (TPSA) is 3.24 Å². The average molecular weight is 756 g/mol. The molecule has 0 fully saturated rings. The summed E-state index contributed by atoms with van der Waals surface area (Å²) in [6.07, 6.45) is 0. The van der Waals surface area contributed by atoms with Crippen LogP contribution in [0.25, 0.3) is 66.4 Å². The molecular formula is C58H45N. The summed E-state index contributed by atoms with van der Waals surface area (Å²) in [6, 6.07) is 74.4. The average Bonchev–Trinajstić information content (AvgIpc) is 3.66. The second-order valence-corrected chi connectivity index (χ2v) is 17.3. The monoisotopic (exact) mass is 755 g/mol. The van der Waals surface area contributed by atoms with E-state index in [1.54, 1.807) is 0 Å². The molecule has 0 N–H and O–H groups in total. The molecule has 282 valence electrons. The molecule has 9 aromatic rings. The van der Waals surface area contributed by atoms with E-state index in [9.17, 15) is 0 Å². The van der Waals surface area contributed by atoms with Crippen molar-refractivity contribution < 1.29 is 0 Å². The number of nitrogens with zero attached hydrogens (tertiary/aromatic N) is 1. The predicted molar refractivity (Wildman–Crippen MR) is 250 cm³/mol. The zero-order valence-electron chi connectivity index (χ0n) is 34.0. The van der Waals surface area contributed by atoms with Crippen molar-refractivity contribution in [2.24, 2.45) is 0 Å². The molecule has 0 amide bonds. The van der Waals surface area contributed by atoms with Gasteiger partial charge >= 0.3 is 0 Å². The molecule has 11 rings (SSSR count). The van der Waals surface area contributed by atoms with Gasteiger partial charge in [-0.15, -0.1) is 0 Å². The molecular weight excluding hydrogens is 711 g/mol. The largest absolute Gasteiger partial charge is 0.310 e. The van der Waals surface area contributed by atoms with E-state index in [2.05, 4.69) is 233 Å². The summed E-state index contributed by atoms with van der Waals surface area (Å²) in [5, 5.41) is 2.52. The fourth-order valence-corrected chi connectivity index (χ4v) is 10.3. The minimum atomic E-state index is -0.115. The Morgan fingerprint density at radius 1 is 0.322 bits per heavy atom. The molecule has 59 heavy (non-hydrogen) atoms. The van der Waals surface area contributed by atoms with Crippen LogP contribution in [0.5, 0.6) is 0 Å². The molecule has 2 aliphatic carbocycles. The van der Waals surface area contributed by atoms with Crippen molar-refractivity contribution >= 4 is 27.8 Å². The van der Waals surface area contributed by atoms with Crippen LogP contribution in [0.1, 0.15) is 49.9 Å². The Labute approximate surface area is 347 Å². The summed E-state index contributed by atoms with van der Waals surface area (Å²) in [4.78, 5) is 2.44. The number of benzene rings is 9. The Morgan fingerprint density at radius 3 is 1.63 bits per heavy atom. The number of hydrogen-bond acceptors (Lipinski definition) is 1. The van der Waals surface area contributed by atoms with Crippen LogP contribution in [0.2, 0.25) is 0 Å². The van der Waals surface area contributed by atoms with Gasteiger partial charge in [-0.2, -0.15) is 0 Å². The molecule has 0 saturated heterocycles. The molecule has 0 radical (unpaired) electrons. The second-order valence-electron chi connectivity index (χ2n) is 17.3. The Kier molecular flexibility index (Phi) is 7.94. The number of fused-ring (bicyclic) bond motifs is 7. The highest BCUT2D eigenvalue weighted by Gasteiger charge is 2.38. The minimum absolute atomic E-state index is 0.0381.